The van der Waals surface area contributed by atoms with Crippen molar-refractivity contribution in [2.24, 2.45) is 5.73 Å². The van der Waals surface area contributed by atoms with E-state index in [0.717, 1.165) is 10.4 Å². The third-order valence-corrected chi connectivity index (χ3v) is 5.16. The Balaban J connectivity index is 2.41. The molecule has 3 N–H and O–H groups in total. The summed E-state index contributed by atoms with van der Waals surface area (Å²) in [7, 11) is 1.60. The Morgan fingerprint density at radius 1 is 1.33 bits per heavy atom. The molecule has 2 unspecified atom stereocenters. The lowest BCUT2D eigenvalue weighted by Gasteiger charge is -2.23. The highest BCUT2D eigenvalue weighted by Gasteiger charge is 2.26. The summed E-state index contributed by atoms with van der Waals surface area (Å²) < 4.78 is 5.38. The van der Waals surface area contributed by atoms with Gasteiger partial charge in [-0.25, -0.2) is 0 Å². The van der Waals surface area contributed by atoms with Crippen molar-refractivity contribution < 1.29 is 9.84 Å². The van der Waals surface area contributed by atoms with Crippen LogP contribution in [0.5, 0.6) is 5.75 Å². The molecule has 0 saturated heterocycles. The molecule has 0 aliphatic carbocycles. The largest absolute Gasteiger partial charge is 0.496 e. The van der Waals surface area contributed by atoms with Crippen LogP contribution in [0.4, 0.5) is 0 Å². The maximum Gasteiger partial charge on any atom is 0.122 e. The molecular formula is C16H20ClNO2S. The van der Waals surface area contributed by atoms with E-state index in [1.54, 1.807) is 30.6 Å². The average molecular weight is 326 g/mol. The lowest BCUT2D eigenvalue weighted by atomic mass is 9.91. The highest BCUT2D eigenvalue weighted by Crippen LogP contribution is 2.39. The number of benzene rings is 1. The molecule has 114 valence electrons. The average Bonchev–Trinajstić information content (AvgIpc) is 2.80. The van der Waals surface area contributed by atoms with Gasteiger partial charge in [0.05, 0.1) is 13.2 Å². The fraction of sp³-hybridized carbons (Fsp3) is 0.375. The van der Waals surface area contributed by atoms with Gasteiger partial charge in [0.2, 0.25) is 0 Å². The number of aryl methyl sites for hydroxylation is 2. The second-order valence-corrected chi connectivity index (χ2v) is 6.79. The maximum atomic E-state index is 10.7. The number of ether oxygens (including phenoxy) is 1. The van der Waals surface area contributed by atoms with Gasteiger partial charge in [0.1, 0.15) is 5.75 Å². The van der Waals surface area contributed by atoms with Gasteiger partial charge < -0.3 is 15.6 Å². The lowest BCUT2D eigenvalue weighted by Crippen LogP contribution is -2.20. The molecule has 2 aromatic rings. The normalized spacial score (nSPS) is 14.0. The van der Waals surface area contributed by atoms with Gasteiger partial charge in [0, 0.05) is 32.8 Å². The quantitative estimate of drug-likeness (QED) is 0.879. The fourth-order valence-electron chi connectivity index (χ4n) is 2.37. The monoisotopic (exact) mass is 325 g/mol. The first-order valence-corrected chi connectivity index (χ1v) is 7.95. The number of aliphatic hydroxyl groups excluding tert-OH is 1. The van der Waals surface area contributed by atoms with Crippen molar-refractivity contribution in [3.8, 4) is 5.75 Å². The van der Waals surface area contributed by atoms with Crippen molar-refractivity contribution in [3.05, 3.63) is 50.2 Å². The van der Waals surface area contributed by atoms with Crippen molar-refractivity contribution >= 4 is 22.9 Å². The fourth-order valence-corrected chi connectivity index (χ4v) is 3.64. The Labute approximate surface area is 134 Å². The number of aliphatic hydroxyl groups is 1. The van der Waals surface area contributed by atoms with Crippen molar-refractivity contribution in [3.63, 3.8) is 0 Å². The molecule has 1 aromatic heterocycles. The van der Waals surface area contributed by atoms with Crippen LogP contribution >= 0.6 is 22.9 Å². The summed E-state index contributed by atoms with van der Waals surface area (Å²) in [5.41, 5.74) is 7.93. The van der Waals surface area contributed by atoms with Gasteiger partial charge >= 0.3 is 0 Å². The Kier molecular flexibility index (Phi) is 5.27. The van der Waals surface area contributed by atoms with Crippen molar-refractivity contribution in [2.45, 2.75) is 25.9 Å². The predicted octanol–water partition coefficient (Wildman–Crippen LogP) is 3.80. The van der Waals surface area contributed by atoms with Gasteiger partial charge in [-0.3, -0.25) is 0 Å². The molecule has 0 bridgehead atoms. The topological polar surface area (TPSA) is 55.5 Å². The minimum atomic E-state index is -0.667. The van der Waals surface area contributed by atoms with E-state index in [2.05, 4.69) is 0 Å². The number of rotatable bonds is 5. The van der Waals surface area contributed by atoms with Crippen LogP contribution in [0.2, 0.25) is 5.02 Å². The Bertz CT molecular complexity index is 607. The summed E-state index contributed by atoms with van der Waals surface area (Å²) in [6, 6.07) is 7.40. The van der Waals surface area contributed by atoms with E-state index in [1.807, 2.05) is 26.0 Å². The van der Waals surface area contributed by atoms with Crippen LogP contribution in [0.15, 0.2) is 24.3 Å². The second-order valence-electron chi connectivity index (χ2n) is 5.06. The van der Waals surface area contributed by atoms with E-state index < -0.39 is 6.10 Å². The number of methoxy groups -OCH3 is 1. The first-order valence-electron chi connectivity index (χ1n) is 6.76. The molecule has 1 aromatic carbocycles. The van der Waals surface area contributed by atoms with Crippen LogP contribution < -0.4 is 10.5 Å². The molecule has 3 nitrogen and oxygen atoms in total. The molecule has 0 aliphatic rings. The zero-order valence-electron chi connectivity index (χ0n) is 12.4. The number of hydrogen-bond donors (Lipinski definition) is 2. The summed E-state index contributed by atoms with van der Waals surface area (Å²) in [6.07, 6.45) is -0.667. The van der Waals surface area contributed by atoms with Crippen LogP contribution in [0.3, 0.4) is 0 Å². The Hall–Kier alpha value is -1.07. The molecular weight excluding hydrogens is 306 g/mol. The van der Waals surface area contributed by atoms with Gasteiger partial charge in [-0.1, -0.05) is 11.6 Å². The molecule has 21 heavy (non-hydrogen) atoms. The van der Waals surface area contributed by atoms with E-state index >= 15 is 0 Å². The Morgan fingerprint density at radius 2 is 2.05 bits per heavy atom. The highest BCUT2D eigenvalue weighted by atomic mass is 35.5. The molecule has 0 fully saturated rings. The van der Waals surface area contributed by atoms with Crippen LogP contribution in [0, 0.1) is 13.8 Å². The zero-order valence-corrected chi connectivity index (χ0v) is 14.0. The summed E-state index contributed by atoms with van der Waals surface area (Å²) in [5, 5.41) is 11.3. The van der Waals surface area contributed by atoms with Gasteiger partial charge in [-0.15, -0.1) is 11.3 Å². The minimum absolute atomic E-state index is 0.254. The molecule has 0 amide bonds. The van der Waals surface area contributed by atoms with Crippen LogP contribution in [-0.4, -0.2) is 18.8 Å². The third kappa shape index (κ3) is 3.40. The summed E-state index contributed by atoms with van der Waals surface area (Å²) in [6.45, 7) is 4.40. The number of nitrogens with two attached hydrogens (primary N) is 1. The smallest absolute Gasteiger partial charge is 0.122 e. The SMILES string of the molecule is COc1ccc(Cl)cc1C(CN)C(O)c1cc(C)c(C)s1. The molecule has 0 saturated carbocycles. The summed E-state index contributed by atoms with van der Waals surface area (Å²) in [4.78, 5) is 2.13. The Morgan fingerprint density at radius 3 is 2.57 bits per heavy atom. The van der Waals surface area contributed by atoms with Gasteiger partial charge in [-0.05, 0) is 43.7 Å². The molecule has 0 spiro atoms. The minimum Gasteiger partial charge on any atom is -0.496 e. The lowest BCUT2D eigenvalue weighted by molar-refractivity contribution is 0.149. The first-order chi connectivity index (χ1) is 9.97. The zero-order chi connectivity index (χ0) is 15.6. The van der Waals surface area contributed by atoms with Crippen LogP contribution in [0.25, 0.3) is 0 Å². The van der Waals surface area contributed by atoms with Gasteiger partial charge in [-0.2, -0.15) is 0 Å². The van der Waals surface area contributed by atoms with E-state index in [-0.39, 0.29) is 5.92 Å². The van der Waals surface area contributed by atoms with E-state index in [1.165, 1.54) is 10.4 Å². The standard InChI is InChI=1S/C16H20ClNO2S/c1-9-6-15(21-10(9)2)16(19)13(8-18)12-7-11(17)4-5-14(12)20-3/h4-7,13,16,19H,8,18H2,1-3H3. The molecule has 2 atom stereocenters. The van der Waals surface area contributed by atoms with Gasteiger partial charge in [0.25, 0.3) is 0 Å². The first kappa shape index (κ1) is 16.3. The van der Waals surface area contributed by atoms with Gasteiger partial charge in [0.15, 0.2) is 0 Å². The molecule has 2 rings (SSSR count). The van der Waals surface area contributed by atoms with Crippen LogP contribution in [-0.2, 0) is 0 Å². The third-order valence-electron chi connectivity index (χ3n) is 3.70. The molecule has 1 heterocycles. The summed E-state index contributed by atoms with van der Waals surface area (Å²) in [5.74, 6) is 0.440. The van der Waals surface area contributed by atoms with E-state index in [9.17, 15) is 5.11 Å². The molecule has 5 heteroatoms. The van der Waals surface area contributed by atoms with Crippen molar-refractivity contribution in [1.82, 2.24) is 0 Å². The van der Waals surface area contributed by atoms with Crippen molar-refractivity contribution in [2.75, 3.05) is 13.7 Å². The van der Waals surface area contributed by atoms with Crippen LogP contribution in [0.1, 0.15) is 32.9 Å². The predicted molar refractivity (Wildman–Crippen MR) is 88.6 cm³/mol. The highest BCUT2D eigenvalue weighted by molar-refractivity contribution is 7.12. The number of halogens is 1. The van der Waals surface area contributed by atoms with E-state index in [0.29, 0.717) is 17.3 Å². The number of thiophene rings is 1. The summed E-state index contributed by atoms with van der Waals surface area (Å²) >= 11 is 7.68. The second kappa shape index (κ2) is 6.79. The van der Waals surface area contributed by atoms with Crippen molar-refractivity contribution in [1.29, 1.82) is 0 Å². The number of hydrogen-bond acceptors (Lipinski definition) is 4. The molecule has 0 aliphatic heterocycles. The maximum absolute atomic E-state index is 10.7. The molecule has 0 radical (unpaired) electrons. The van der Waals surface area contributed by atoms with E-state index in [4.69, 9.17) is 22.1 Å².